The van der Waals surface area contributed by atoms with Crippen molar-refractivity contribution >= 4 is 17.3 Å². The Morgan fingerprint density at radius 2 is 2.12 bits per heavy atom. The zero-order valence-electron chi connectivity index (χ0n) is 9.45. The van der Waals surface area contributed by atoms with Gasteiger partial charge in [-0.05, 0) is 32.0 Å². The molecule has 0 spiro atoms. The van der Waals surface area contributed by atoms with Crippen LogP contribution >= 0.6 is 11.6 Å². The molecule has 0 aromatic carbocycles. The maximum Gasteiger partial charge on any atom is 0.0820 e. The van der Waals surface area contributed by atoms with Crippen molar-refractivity contribution in [2.75, 3.05) is 31.5 Å². The second-order valence-corrected chi connectivity index (χ2v) is 4.59. The Bertz CT molecular complexity index is 324. The van der Waals surface area contributed by atoms with E-state index in [0.29, 0.717) is 5.02 Å². The minimum absolute atomic E-state index is 0.696. The molecule has 1 aromatic rings. The molecule has 0 amide bonds. The smallest absolute Gasteiger partial charge is 0.0820 e. The second-order valence-electron chi connectivity index (χ2n) is 4.18. The number of nitrogens with one attached hydrogen (secondary N) is 1. The molecule has 0 aliphatic carbocycles. The molecular formula is C12H18ClN3. The third kappa shape index (κ3) is 3.35. The fraction of sp³-hybridized carbons (Fsp3) is 0.583. The van der Waals surface area contributed by atoms with Gasteiger partial charge in [-0.2, -0.15) is 0 Å². The van der Waals surface area contributed by atoms with Gasteiger partial charge in [0.25, 0.3) is 0 Å². The average Bonchev–Trinajstić information content (AvgIpc) is 2.33. The molecule has 0 unspecified atom stereocenters. The summed E-state index contributed by atoms with van der Waals surface area (Å²) >= 11 is 6.01. The molecule has 88 valence electrons. The molecule has 2 rings (SSSR count). The number of nitrogens with zero attached hydrogens (tertiary/aromatic N) is 2. The number of hydrogen-bond donors (Lipinski definition) is 1. The van der Waals surface area contributed by atoms with Crippen molar-refractivity contribution in [1.82, 2.24) is 9.88 Å². The van der Waals surface area contributed by atoms with E-state index in [4.69, 9.17) is 11.6 Å². The van der Waals surface area contributed by atoms with Gasteiger partial charge in [0.15, 0.2) is 0 Å². The molecule has 1 N–H and O–H groups in total. The van der Waals surface area contributed by atoms with Gasteiger partial charge in [0.05, 0.1) is 10.7 Å². The summed E-state index contributed by atoms with van der Waals surface area (Å²) in [6.45, 7) is 4.53. The van der Waals surface area contributed by atoms with Crippen molar-refractivity contribution in [2.45, 2.75) is 19.3 Å². The van der Waals surface area contributed by atoms with Gasteiger partial charge in [-0.25, -0.2) is 0 Å². The van der Waals surface area contributed by atoms with E-state index in [9.17, 15) is 0 Å². The molecule has 1 saturated heterocycles. The predicted octanol–water partition coefficient (Wildman–Crippen LogP) is 2.63. The molecular weight excluding hydrogens is 222 g/mol. The Morgan fingerprint density at radius 3 is 2.88 bits per heavy atom. The quantitative estimate of drug-likeness (QED) is 0.876. The number of anilines is 1. The number of halogens is 1. The largest absolute Gasteiger partial charge is 0.382 e. The van der Waals surface area contributed by atoms with Crippen molar-refractivity contribution < 1.29 is 0 Å². The third-order valence-corrected chi connectivity index (χ3v) is 3.27. The fourth-order valence-corrected chi connectivity index (χ4v) is 2.24. The normalized spacial score (nSPS) is 17.3. The van der Waals surface area contributed by atoms with Crippen molar-refractivity contribution in [3.8, 4) is 0 Å². The van der Waals surface area contributed by atoms with Crippen LogP contribution < -0.4 is 5.32 Å². The molecule has 3 nitrogen and oxygen atoms in total. The predicted molar refractivity (Wildman–Crippen MR) is 68.0 cm³/mol. The van der Waals surface area contributed by atoms with E-state index in [1.54, 1.807) is 12.4 Å². The van der Waals surface area contributed by atoms with Crippen LogP contribution in [-0.4, -0.2) is 36.1 Å². The topological polar surface area (TPSA) is 28.2 Å². The van der Waals surface area contributed by atoms with Crippen LogP contribution in [0.1, 0.15) is 19.3 Å². The summed E-state index contributed by atoms with van der Waals surface area (Å²) in [7, 11) is 0. The van der Waals surface area contributed by atoms with E-state index in [1.807, 2.05) is 6.07 Å². The Labute approximate surface area is 102 Å². The summed E-state index contributed by atoms with van der Waals surface area (Å²) in [6, 6.07) is 1.92. The molecule has 0 bridgehead atoms. The van der Waals surface area contributed by atoms with Gasteiger partial charge in [-0.3, -0.25) is 4.98 Å². The van der Waals surface area contributed by atoms with Crippen molar-refractivity contribution in [3.63, 3.8) is 0 Å². The first-order valence-corrected chi connectivity index (χ1v) is 6.30. The van der Waals surface area contributed by atoms with Gasteiger partial charge in [-0.15, -0.1) is 0 Å². The molecule has 1 aliphatic heterocycles. The zero-order valence-corrected chi connectivity index (χ0v) is 10.2. The van der Waals surface area contributed by atoms with Gasteiger partial charge >= 0.3 is 0 Å². The number of likely N-dealkylation sites (tertiary alicyclic amines) is 1. The lowest BCUT2D eigenvalue weighted by atomic mass is 10.1. The van der Waals surface area contributed by atoms with Crippen molar-refractivity contribution in [3.05, 3.63) is 23.5 Å². The number of piperidine rings is 1. The number of rotatable bonds is 4. The summed E-state index contributed by atoms with van der Waals surface area (Å²) in [5.41, 5.74) is 0.980. The Morgan fingerprint density at radius 1 is 1.31 bits per heavy atom. The lowest BCUT2D eigenvalue weighted by Gasteiger charge is -2.26. The Kier molecular flexibility index (Phi) is 4.43. The van der Waals surface area contributed by atoms with Crippen LogP contribution in [0.15, 0.2) is 18.5 Å². The first-order valence-electron chi connectivity index (χ1n) is 5.92. The van der Waals surface area contributed by atoms with Crippen LogP contribution in [0, 0.1) is 0 Å². The van der Waals surface area contributed by atoms with Crippen LogP contribution in [0.4, 0.5) is 5.69 Å². The van der Waals surface area contributed by atoms with Crippen molar-refractivity contribution in [2.24, 2.45) is 0 Å². The van der Waals surface area contributed by atoms with Crippen LogP contribution in [0.25, 0.3) is 0 Å². The summed E-state index contributed by atoms with van der Waals surface area (Å²) in [5, 5.41) is 4.04. The minimum Gasteiger partial charge on any atom is -0.382 e. The average molecular weight is 240 g/mol. The molecule has 0 radical (unpaired) electrons. The SMILES string of the molecule is Clc1cnccc1NCCN1CCCCC1. The van der Waals surface area contributed by atoms with Crippen molar-refractivity contribution in [1.29, 1.82) is 0 Å². The van der Waals surface area contributed by atoms with E-state index in [1.165, 1.54) is 32.4 Å². The second kappa shape index (κ2) is 6.06. The molecule has 0 atom stereocenters. The summed E-state index contributed by atoms with van der Waals surface area (Å²) in [5.74, 6) is 0. The highest BCUT2D eigenvalue weighted by Crippen LogP contribution is 2.18. The van der Waals surface area contributed by atoms with Gasteiger partial charge in [0.1, 0.15) is 0 Å². The van der Waals surface area contributed by atoms with Crippen LogP contribution in [0.3, 0.4) is 0 Å². The van der Waals surface area contributed by atoms with Crippen LogP contribution in [-0.2, 0) is 0 Å². The maximum absolute atomic E-state index is 6.01. The van der Waals surface area contributed by atoms with E-state index < -0.39 is 0 Å². The van der Waals surface area contributed by atoms with Gasteiger partial charge < -0.3 is 10.2 Å². The van der Waals surface area contributed by atoms with Gasteiger partial charge in [-0.1, -0.05) is 18.0 Å². The minimum atomic E-state index is 0.696. The first kappa shape index (κ1) is 11.7. The van der Waals surface area contributed by atoms with E-state index in [2.05, 4.69) is 15.2 Å². The lowest BCUT2D eigenvalue weighted by Crippen LogP contribution is -2.33. The fourth-order valence-electron chi connectivity index (χ4n) is 2.05. The highest BCUT2D eigenvalue weighted by atomic mass is 35.5. The standard InChI is InChI=1S/C12H18ClN3/c13-11-10-14-5-4-12(11)15-6-9-16-7-2-1-3-8-16/h4-5,10H,1-3,6-9H2,(H,14,15). The third-order valence-electron chi connectivity index (χ3n) is 2.96. The molecule has 2 heterocycles. The number of aromatic nitrogens is 1. The lowest BCUT2D eigenvalue weighted by molar-refractivity contribution is 0.237. The molecule has 16 heavy (non-hydrogen) atoms. The first-order chi connectivity index (χ1) is 7.86. The zero-order chi connectivity index (χ0) is 11.2. The Balaban J connectivity index is 1.73. The highest BCUT2D eigenvalue weighted by molar-refractivity contribution is 6.33. The Hall–Kier alpha value is -0.800. The van der Waals surface area contributed by atoms with Gasteiger partial charge in [0.2, 0.25) is 0 Å². The summed E-state index contributed by atoms with van der Waals surface area (Å²) < 4.78 is 0. The molecule has 0 saturated carbocycles. The van der Waals surface area contributed by atoms with E-state index in [0.717, 1.165) is 18.8 Å². The van der Waals surface area contributed by atoms with Crippen LogP contribution in [0.2, 0.25) is 5.02 Å². The number of hydrogen-bond acceptors (Lipinski definition) is 3. The molecule has 1 fully saturated rings. The molecule has 1 aliphatic rings. The number of pyridine rings is 1. The molecule has 1 aromatic heterocycles. The highest BCUT2D eigenvalue weighted by Gasteiger charge is 2.09. The van der Waals surface area contributed by atoms with E-state index >= 15 is 0 Å². The molecule has 4 heteroatoms. The monoisotopic (exact) mass is 239 g/mol. The van der Waals surface area contributed by atoms with E-state index in [-0.39, 0.29) is 0 Å². The van der Waals surface area contributed by atoms with Crippen LogP contribution in [0.5, 0.6) is 0 Å². The van der Waals surface area contributed by atoms with Gasteiger partial charge in [0, 0.05) is 25.5 Å². The summed E-state index contributed by atoms with van der Waals surface area (Å²) in [6.07, 6.45) is 7.51. The summed E-state index contributed by atoms with van der Waals surface area (Å²) in [4.78, 5) is 6.47. The maximum atomic E-state index is 6.01.